The van der Waals surface area contributed by atoms with Gasteiger partial charge in [-0.15, -0.1) is 0 Å². The summed E-state index contributed by atoms with van der Waals surface area (Å²) in [6.45, 7) is 0.854. The number of hydrogen-bond donors (Lipinski definition) is 4. The molecule has 4 N–H and O–H groups in total. The summed E-state index contributed by atoms with van der Waals surface area (Å²) in [6, 6.07) is 1.24. The quantitative estimate of drug-likeness (QED) is 0.401. The summed E-state index contributed by atoms with van der Waals surface area (Å²) in [5, 5.41) is 0. The third-order valence-electron chi connectivity index (χ3n) is 0.686. The summed E-state index contributed by atoms with van der Waals surface area (Å²) in [5.41, 5.74) is -0.855. The van der Waals surface area contributed by atoms with Crippen LogP contribution in [-0.2, 0) is 4.57 Å². The molecular weight excluding hydrogens is 199 g/mol. The lowest BCUT2D eigenvalue weighted by atomic mass is 10.7. The van der Waals surface area contributed by atoms with Gasteiger partial charge < -0.3 is 14.8 Å². The Labute approximate surface area is 72.6 Å². The summed E-state index contributed by atoms with van der Waals surface area (Å²) >= 11 is 0. The zero-order chi connectivity index (χ0) is 10.5. The van der Waals surface area contributed by atoms with Crippen LogP contribution in [0, 0.1) is 0 Å². The van der Waals surface area contributed by atoms with Crippen molar-refractivity contribution >= 4 is 7.60 Å². The minimum absolute atomic E-state index is 0.381. The Morgan fingerprint density at radius 3 is 2.08 bits per heavy atom. The van der Waals surface area contributed by atoms with Crippen molar-refractivity contribution in [3.8, 4) is 0 Å². The van der Waals surface area contributed by atoms with Crippen molar-refractivity contribution in [3.63, 3.8) is 0 Å². The smallest absolute Gasteiger partial charge is 0.325 e. The standard InChI is InChI=1S/C4H4N2O2.CH5O3P/c7-3-1-2-5-4(8)6-3;1-5(2,3)4/h1-2H,(H2,5,6,7,8);1H3,(H2,2,3,4). The van der Waals surface area contributed by atoms with Crippen LogP contribution in [0.4, 0.5) is 0 Å². The lowest BCUT2D eigenvalue weighted by Crippen LogP contribution is -2.19. The van der Waals surface area contributed by atoms with Crippen molar-refractivity contribution in [2.45, 2.75) is 0 Å². The highest BCUT2D eigenvalue weighted by Crippen LogP contribution is 2.26. The molecule has 0 amide bonds. The van der Waals surface area contributed by atoms with Gasteiger partial charge >= 0.3 is 13.3 Å². The van der Waals surface area contributed by atoms with E-state index >= 15 is 0 Å². The van der Waals surface area contributed by atoms with Crippen LogP contribution in [-0.4, -0.2) is 26.4 Å². The molecule has 13 heavy (non-hydrogen) atoms. The molecule has 7 nitrogen and oxygen atoms in total. The summed E-state index contributed by atoms with van der Waals surface area (Å²) in [4.78, 5) is 39.9. The normalized spacial score (nSPS) is 10.1. The van der Waals surface area contributed by atoms with Crippen LogP contribution in [0.15, 0.2) is 21.9 Å². The maximum atomic E-state index is 10.2. The van der Waals surface area contributed by atoms with Crippen molar-refractivity contribution in [1.82, 2.24) is 9.97 Å². The second-order valence-corrected chi connectivity index (χ2v) is 3.80. The predicted octanol–water partition coefficient (Wildman–Crippen LogP) is -1.14. The number of aromatic amines is 2. The van der Waals surface area contributed by atoms with Crippen LogP contribution in [0.2, 0.25) is 0 Å². The second-order valence-electron chi connectivity index (χ2n) is 2.13. The van der Waals surface area contributed by atoms with Crippen molar-refractivity contribution in [2.75, 3.05) is 6.66 Å². The molecule has 0 unspecified atom stereocenters. The summed E-state index contributed by atoms with van der Waals surface area (Å²) in [6.07, 6.45) is 1.29. The van der Waals surface area contributed by atoms with E-state index in [0.29, 0.717) is 0 Å². The van der Waals surface area contributed by atoms with Crippen LogP contribution in [0.3, 0.4) is 0 Å². The molecule has 0 saturated heterocycles. The third kappa shape index (κ3) is 10.8. The van der Waals surface area contributed by atoms with Crippen LogP contribution in [0.5, 0.6) is 0 Å². The van der Waals surface area contributed by atoms with Crippen LogP contribution >= 0.6 is 7.60 Å². The molecule has 0 atom stereocenters. The lowest BCUT2D eigenvalue weighted by molar-refractivity contribution is 0.381. The molecular formula is C5H9N2O5P. The summed E-state index contributed by atoms with van der Waals surface area (Å²) < 4.78 is 9.33. The highest BCUT2D eigenvalue weighted by atomic mass is 31.2. The van der Waals surface area contributed by atoms with Crippen molar-refractivity contribution in [1.29, 1.82) is 0 Å². The first-order valence-corrected chi connectivity index (χ1v) is 5.16. The van der Waals surface area contributed by atoms with E-state index in [1.807, 2.05) is 4.98 Å². The van der Waals surface area contributed by atoms with Crippen LogP contribution in [0.1, 0.15) is 0 Å². The van der Waals surface area contributed by atoms with Gasteiger partial charge in [0.15, 0.2) is 0 Å². The van der Waals surface area contributed by atoms with Gasteiger partial charge in [0, 0.05) is 18.9 Å². The van der Waals surface area contributed by atoms with E-state index in [1.165, 1.54) is 12.3 Å². The molecule has 0 spiro atoms. The van der Waals surface area contributed by atoms with Gasteiger partial charge in [0.25, 0.3) is 5.56 Å². The number of H-pyrrole nitrogens is 2. The Bertz CT molecular complexity index is 368. The molecule has 0 bridgehead atoms. The SMILES string of the molecule is CP(=O)(O)O.O=c1cc[nH]c(=O)[nH]1. The molecule has 8 heteroatoms. The summed E-state index contributed by atoms with van der Waals surface area (Å²) in [5.74, 6) is 0. The highest BCUT2D eigenvalue weighted by Gasteiger charge is 1.95. The topological polar surface area (TPSA) is 123 Å². The van der Waals surface area contributed by atoms with Crippen molar-refractivity contribution in [3.05, 3.63) is 33.1 Å². The van der Waals surface area contributed by atoms with Gasteiger partial charge in [0.1, 0.15) is 0 Å². The van der Waals surface area contributed by atoms with Gasteiger partial charge in [0.05, 0.1) is 0 Å². The third-order valence-corrected chi connectivity index (χ3v) is 0.686. The Kier molecular flexibility index (Phi) is 4.33. The van der Waals surface area contributed by atoms with Gasteiger partial charge in [-0.05, 0) is 0 Å². The van der Waals surface area contributed by atoms with Gasteiger partial charge in [-0.1, -0.05) is 0 Å². The Morgan fingerprint density at radius 1 is 1.38 bits per heavy atom. The molecule has 1 aromatic heterocycles. The number of aromatic nitrogens is 2. The van der Waals surface area contributed by atoms with E-state index in [-0.39, 0.29) is 5.56 Å². The predicted molar refractivity (Wildman–Crippen MR) is 45.7 cm³/mol. The zero-order valence-electron chi connectivity index (χ0n) is 6.72. The van der Waals surface area contributed by atoms with Gasteiger partial charge in [-0.3, -0.25) is 14.3 Å². The van der Waals surface area contributed by atoms with Crippen molar-refractivity contribution in [2.24, 2.45) is 0 Å². The molecule has 0 aliphatic carbocycles. The van der Waals surface area contributed by atoms with Gasteiger partial charge in [-0.25, -0.2) is 4.79 Å². The average molecular weight is 208 g/mol. The Hall–Kier alpha value is -1.17. The molecule has 0 fully saturated rings. The van der Waals surface area contributed by atoms with Gasteiger partial charge in [-0.2, -0.15) is 0 Å². The minimum atomic E-state index is -3.64. The molecule has 1 heterocycles. The fourth-order valence-corrected chi connectivity index (χ4v) is 0.383. The number of nitrogens with one attached hydrogen (secondary N) is 2. The largest absolute Gasteiger partial charge is 0.325 e. The van der Waals surface area contributed by atoms with E-state index in [0.717, 1.165) is 6.66 Å². The first-order chi connectivity index (χ1) is 5.79. The molecule has 74 valence electrons. The van der Waals surface area contributed by atoms with E-state index in [9.17, 15) is 14.2 Å². The summed E-state index contributed by atoms with van der Waals surface area (Å²) in [7, 11) is -3.64. The maximum absolute atomic E-state index is 10.2. The fourth-order valence-electron chi connectivity index (χ4n) is 0.383. The Balaban J connectivity index is 0.000000252. The molecule has 0 saturated carbocycles. The number of hydrogen-bond acceptors (Lipinski definition) is 3. The van der Waals surface area contributed by atoms with Gasteiger partial charge in [0.2, 0.25) is 0 Å². The molecule has 1 aromatic rings. The first kappa shape index (κ1) is 11.8. The zero-order valence-corrected chi connectivity index (χ0v) is 7.62. The van der Waals surface area contributed by atoms with E-state index in [4.69, 9.17) is 9.79 Å². The van der Waals surface area contributed by atoms with Crippen LogP contribution in [0.25, 0.3) is 0 Å². The maximum Gasteiger partial charge on any atom is 0.325 e. The molecule has 1 rings (SSSR count). The molecule has 0 aliphatic heterocycles. The monoisotopic (exact) mass is 208 g/mol. The second kappa shape index (κ2) is 4.76. The molecule has 0 radical (unpaired) electrons. The average Bonchev–Trinajstić information content (AvgIpc) is 1.81. The molecule has 0 aromatic carbocycles. The molecule has 0 aliphatic rings. The first-order valence-electron chi connectivity index (χ1n) is 3.10. The number of rotatable bonds is 0. The van der Waals surface area contributed by atoms with E-state index < -0.39 is 13.3 Å². The highest BCUT2D eigenvalue weighted by molar-refractivity contribution is 7.50. The lowest BCUT2D eigenvalue weighted by Gasteiger charge is -1.84. The van der Waals surface area contributed by atoms with E-state index in [2.05, 4.69) is 4.98 Å². The van der Waals surface area contributed by atoms with Crippen LogP contribution < -0.4 is 11.2 Å². The minimum Gasteiger partial charge on any atom is -0.325 e. The fraction of sp³-hybridized carbons (Fsp3) is 0.200. The van der Waals surface area contributed by atoms with E-state index in [1.54, 1.807) is 0 Å². The Morgan fingerprint density at radius 2 is 1.85 bits per heavy atom. The van der Waals surface area contributed by atoms with Crippen molar-refractivity contribution < 1.29 is 14.4 Å².